The zero-order valence-electron chi connectivity index (χ0n) is 9.93. The summed E-state index contributed by atoms with van der Waals surface area (Å²) >= 11 is 5.88. The molecule has 1 saturated heterocycles. The summed E-state index contributed by atoms with van der Waals surface area (Å²) in [5.41, 5.74) is 0.466. The highest BCUT2D eigenvalue weighted by Gasteiger charge is 2.36. The van der Waals surface area contributed by atoms with Crippen molar-refractivity contribution in [2.24, 2.45) is 0 Å². The van der Waals surface area contributed by atoms with Crippen LogP contribution in [-0.4, -0.2) is 46.5 Å². The lowest BCUT2D eigenvalue weighted by molar-refractivity contribution is -0.0949. The summed E-state index contributed by atoms with van der Waals surface area (Å²) in [6.07, 6.45) is 0.184. The molecule has 0 radical (unpaired) electrons. The van der Waals surface area contributed by atoms with Gasteiger partial charge in [-0.25, -0.2) is 0 Å². The molecule has 2 rings (SSSR count). The molecule has 1 aliphatic rings. The molecule has 1 aromatic carbocycles. The minimum absolute atomic E-state index is 0.412. The number of benzene rings is 1. The lowest BCUT2D eigenvalue weighted by Crippen LogP contribution is -2.61. The molecular weight excluding hydrogens is 238 g/mol. The predicted octanol–water partition coefficient (Wildman–Crippen LogP) is 1.31. The maximum Gasteiger partial charge on any atom is 0.0872 e. The second kappa shape index (κ2) is 4.94. The third kappa shape index (κ3) is 3.68. The quantitative estimate of drug-likeness (QED) is 0.853. The van der Waals surface area contributed by atoms with Gasteiger partial charge in [0.25, 0.3) is 0 Å². The van der Waals surface area contributed by atoms with Gasteiger partial charge in [0.05, 0.1) is 11.7 Å². The van der Waals surface area contributed by atoms with E-state index in [2.05, 4.69) is 4.90 Å². The summed E-state index contributed by atoms with van der Waals surface area (Å²) in [7, 11) is 0. The van der Waals surface area contributed by atoms with Gasteiger partial charge in [-0.05, 0) is 31.0 Å². The highest BCUT2D eigenvalue weighted by atomic mass is 35.5. The Morgan fingerprint density at radius 1 is 1.47 bits per heavy atom. The van der Waals surface area contributed by atoms with Gasteiger partial charge in [-0.3, -0.25) is 4.90 Å². The number of rotatable bonds is 4. The molecule has 3 nitrogen and oxygen atoms in total. The van der Waals surface area contributed by atoms with Crippen molar-refractivity contribution in [2.75, 3.05) is 19.6 Å². The molecule has 0 spiro atoms. The molecule has 2 N–H and O–H groups in total. The summed E-state index contributed by atoms with van der Waals surface area (Å²) in [5, 5.41) is 20.2. The molecule has 1 atom stereocenters. The molecule has 0 amide bonds. The number of likely N-dealkylation sites (tertiary alicyclic amines) is 1. The largest absolute Gasteiger partial charge is 0.391 e. The van der Waals surface area contributed by atoms with E-state index in [-0.39, 0.29) is 0 Å². The van der Waals surface area contributed by atoms with E-state index in [1.165, 1.54) is 0 Å². The van der Waals surface area contributed by atoms with E-state index < -0.39 is 11.7 Å². The fourth-order valence-corrected chi connectivity index (χ4v) is 2.56. The summed E-state index contributed by atoms with van der Waals surface area (Å²) in [6.45, 7) is 3.69. The number of hydrogen-bond acceptors (Lipinski definition) is 3. The first-order valence-electron chi connectivity index (χ1n) is 5.82. The van der Waals surface area contributed by atoms with Crippen LogP contribution in [0.4, 0.5) is 0 Å². The van der Waals surface area contributed by atoms with Crippen LogP contribution in [0.5, 0.6) is 0 Å². The standard InChI is InChI=1S/C13H18ClNO2/c1-13(17)8-15(9-13)7-12(16)6-10-3-2-4-11(14)5-10/h2-5,12,16-17H,6-9H2,1H3. The van der Waals surface area contributed by atoms with E-state index >= 15 is 0 Å². The number of halogens is 1. The lowest BCUT2D eigenvalue weighted by Gasteiger charge is -2.45. The van der Waals surface area contributed by atoms with Gasteiger partial charge in [-0.1, -0.05) is 23.7 Å². The molecule has 0 aliphatic carbocycles. The van der Waals surface area contributed by atoms with Crippen molar-refractivity contribution in [3.05, 3.63) is 34.9 Å². The van der Waals surface area contributed by atoms with E-state index in [4.69, 9.17) is 11.6 Å². The Morgan fingerprint density at radius 2 is 2.18 bits per heavy atom. The Hall–Kier alpha value is -0.610. The van der Waals surface area contributed by atoms with Crippen LogP contribution in [0.1, 0.15) is 12.5 Å². The van der Waals surface area contributed by atoms with Crippen LogP contribution in [0.2, 0.25) is 5.02 Å². The van der Waals surface area contributed by atoms with E-state index in [0.717, 1.165) is 5.56 Å². The van der Waals surface area contributed by atoms with Crippen molar-refractivity contribution in [3.63, 3.8) is 0 Å². The van der Waals surface area contributed by atoms with Gasteiger partial charge in [-0.2, -0.15) is 0 Å². The predicted molar refractivity (Wildman–Crippen MR) is 68.2 cm³/mol. The number of β-amino-alcohol motifs (C(OH)–C–C–N with tert-alkyl or cyclic N) is 2. The Kier molecular flexibility index (Phi) is 3.73. The number of hydrogen-bond donors (Lipinski definition) is 2. The topological polar surface area (TPSA) is 43.7 Å². The van der Waals surface area contributed by atoms with Crippen LogP contribution < -0.4 is 0 Å². The number of aliphatic hydroxyl groups is 2. The Labute approximate surface area is 107 Å². The molecule has 0 bridgehead atoms. The molecule has 0 aromatic heterocycles. The van der Waals surface area contributed by atoms with Gasteiger partial charge in [0.2, 0.25) is 0 Å². The maximum absolute atomic E-state index is 9.93. The number of aliphatic hydroxyl groups excluding tert-OH is 1. The molecule has 17 heavy (non-hydrogen) atoms. The van der Waals surface area contributed by atoms with Crippen molar-refractivity contribution < 1.29 is 10.2 Å². The number of nitrogens with zero attached hydrogens (tertiary/aromatic N) is 1. The van der Waals surface area contributed by atoms with Gasteiger partial charge in [0.15, 0.2) is 0 Å². The summed E-state index contributed by atoms with van der Waals surface area (Å²) in [5.74, 6) is 0. The van der Waals surface area contributed by atoms with Crippen LogP contribution in [0.15, 0.2) is 24.3 Å². The second-order valence-electron chi connectivity index (χ2n) is 5.15. The van der Waals surface area contributed by atoms with Crippen molar-refractivity contribution >= 4 is 11.6 Å². The molecule has 1 unspecified atom stereocenters. The fourth-order valence-electron chi connectivity index (χ4n) is 2.34. The zero-order chi connectivity index (χ0) is 12.5. The fraction of sp³-hybridized carbons (Fsp3) is 0.538. The van der Waals surface area contributed by atoms with Gasteiger partial charge in [-0.15, -0.1) is 0 Å². The van der Waals surface area contributed by atoms with Crippen molar-refractivity contribution in [2.45, 2.75) is 25.0 Å². The smallest absolute Gasteiger partial charge is 0.0872 e. The Balaban J connectivity index is 1.80. The summed E-state index contributed by atoms with van der Waals surface area (Å²) in [6, 6.07) is 7.54. The van der Waals surface area contributed by atoms with Crippen LogP contribution in [0, 0.1) is 0 Å². The molecule has 1 fully saturated rings. The first kappa shape index (κ1) is 12.8. The van der Waals surface area contributed by atoms with Gasteiger partial charge >= 0.3 is 0 Å². The average molecular weight is 256 g/mol. The van der Waals surface area contributed by atoms with Crippen molar-refractivity contribution in [3.8, 4) is 0 Å². The highest BCUT2D eigenvalue weighted by molar-refractivity contribution is 6.30. The van der Waals surface area contributed by atoms with E-state index in [9.17, 15) is 10.2 Å². The normalized spacial score (nSPS) is 20.9. The SMILES string of the molecule is CC1(O)CN(CC(O)Cc2cccc(Cl)c2)C1. The monoisotopic (exact) mass is 255 g/mol. The minimum Gasteiger partial charge on any atom is -0.391 e. The van der Waals surface area contributed by atoms with Gasteiger partial charge in [0, 0.05) is 24.7 Å². The Bertz CT molecular complexity index is 387. The zero-order valence-corrected chi connectivity index (χ0v) is 10.7. The summed E-state index contributed by atoms with van der Waals surface area (Å²) < 4.78 is 0. The van der Waals surface area contributed by atoms with Gasteiger partial charge in [0.1, 0.15) is 0 Å². The minimum atomic E-state index is -0.574. The average Bonchev–Trinajstić information content (AvgIpc) is 2.14. The molecule has 1 aromatic rings. The lowest BCUT2D eigenvalue weighted by atomic mass is 9.96. The van der Waals surface area contributed by atoms with Crippen LogP contribution >= 0.6 is 11.6 Å². The first-order valence-corrected chi connectivity index (χ1v) is 6.20. The maximum atomic E-state index is 9.93. The van der Waals surface area contributed by atoms with Gasteiger partial charge < -0.3 is 10.2 Å². The van der Waals surface area contributed by atoms with E-state index in [0.29, 0.717) is 31.1 Å². The van der Waals surface area contributed by atoms with E-state index in [1.807, 2.05) is 31.2 Å². The third-order valence-electron chi connectivity index (χ3n) is 2.96. The third-order valence-corrected chi connectivity index (χ3v) is 3.19. The van der Waals surface area contributed by atoms with Crippen molar-refractivity contribution in [1.29, 1.82) is 0 Å². The van der Waals surface area contributed by atoms with Crippen LogP contribution in [0.3, 0.4) is 0 Å². The van der Waals surface area contributed by atoms with Crippen LogP contribution in [-0.2, 0) is 6.42 Å². The van der Waals surface area contributed by atoms with Crippen LogP contribution in [0.25, 0.3) is 0 Å². The Morgan fingerprint density at radius 3 is 2.76 bits per heavy atom. The molecular formula is C13H18ClNO2. The molecule has 94 valence electrons. The summed E-state index contributed by atoms with van der Waals surface area (Å²) in [4.78, 5) is 2.05. The van der Waals surface area contributed by atoms with Crippen molar-refractivity contribution in [1.82, 2.24) is 4.90 Å². The first-order chi connectivity index (χ1) is 7.94. The molecule has 4 heteroatoms. The highest BCUT2D eigenvalue weighted by Crippen LogP contribution is 2.20. The molecule has 1 aliphatic heterocycles. The molecule has 0 saturated carbocycles. The van der Waals surface area contributed by atoms with E-state index in [1.54, 1.807) is 0 Å². The molecule has 1 heterocycles. The second-order valence-corrected chi connectivity index (χ2v) is 5.59.